The van der Waals surface area contributed by atoms with Gasteiger partial charge in [-0.15, -0.1) is 0 Å². The zero-order valence-electron chi connectivity index (χ0n) is 18.6. The van der Waals surface area contributed by atoms with E-state index in [-0.39, 0.29) is 19.8 Å². The Bertz CT molecular complexity index is 435. The first-order valence-electron chi connectivity index (χ1n) is 11.9. The summed E-state index contributed by atoms with van der Waals surface area (Å²) in [4.78, 5) is 23.4. The lowest BCUT2D eigenvalue weighted by Crippen LogP contribution is -2.52. The third-order valence-electron chi connectivity index (χ3n) is 5.52. The fourth-order valence-electron chi connectivity index (χ4n) is 3.68. The lowest BCUT2D eigenvalue weighted by molar-refractivity contribution is -0.206. The SMILES string of the molecule is CCCCCCCCCCCCCCCCCCOC(=O)C1(C(N)=O)OCCO1. The molecule has 1 aliphatic heterocycles. The molecule has 170 valence electrons. The summed E-state index contributed by atoms with van der Waals surface area (Å²) in [7, 11) is 0. The highest BCUT2D eigenvalue weighted by Crippen LogP contribution is 2.21. The Balaban J connectivity index is 1.83. The fraction of sp³-hybridized carbons (Fsp3) is 0.913. The number of hydrogen-bond donors (Lipinski definition) is 1. The summed E-state index contributed by atoms with van der Waals surface area (Å²) in [6.45, 7) is 2.86. The van der Waals surface area contributed by atoms with Crippen LogP contribution in [-0.4, -0.2) is 37.5 Å². The van der Waals surface area contributed by atoms with Crippen molar-refractivity contribution in [1.82, 2.24) is 0 Å². The van der Waals surface area contributed by atoms with E-state index in [0.29, 0.717) is 0 Å². The topological polar surface area (TPSA) is 87.9 Å². The molecule has 0 aliphatic carbocycles. The second-order valence-corrected chi connectivity index (χ2v) is 8.12. The maximum Gasteiger partial charge on any atom is 0.377 e. The molecule has 0 aromatic carbocycles. The summed E-state index contributed by atoms with van der Waals surface area (Å²) in [6.07, 6.45) is 20.6. The number of hydrogen-bond acceptors (Lipinski definition) is 5. The second kappa shape index (κ2) is 16.6. The van der Waals surface area contributed by atoms with Crippen molar-refractivity contribution in [3.05, 3.63) is 0 Å². The average molecular weight is 414 g/mol. The summed E-state index contributed by atoms with van der Waals surface area (Å²) in [5.41, 5.74) is 5.21. The van der Waals surface area contributed by atoms with E-state index < -0.39 is 17.7 Å². The molecule has 0 spiro atoms. The van der Waals surface area contributed by atoms with E-state index in [9.17, 15) is 9.59 Å². The van der Waals surface area contributed by atoms with Crippen molar-refractivity contribution in [1.29, 1.82) is 0 Å². The van der Waals surface area contributed by atoms with Gasteiger partial charge in [-0.25, -0.2) is 4.79 Å². The van der Waals surface area contributed by atoms with Gasteiger partial charge in [-0.2, -0.15) is 0 Å². The van der Waals surface area contributed by atoms with Crippen molar-refractivity contribution in [2.75, 3.05) is 19.8 Å². The summed E-state index contributed by atoms with van der Waals surface area (Å²) in [5, 5.41) is 0. The fourth-order valence-corrected chi connectivity index (χ4v) is 3.68. The van der Waals surface area contributed by atoms with Gasteiger partial charge in [0.25, 0.3) is 5.91 Å². The van der Waals surface area contributed by atoms with Crippen LogP contribution in [0.3, 0.4) is 0 Å². The van der Waals surface area contributed by atoms with Crippen LogP contribution in [0.2, 0.25) is 0 Å². The maximum absolute atomic E-state index is 12.0. The van der Waals surface area contributed by atoms with Crippen LogP contribution in [0.5, 0.6) is 0 Å². The molecular formula is C23H43NO5. The predicted octanol–water partition coefficient (Wildman–Crippen LogP) is 5.02. The van der Waals surface area contributed by atoms with Gasteiger partial charge >= 0.3 is 11.8 Å². The van der Waals surface area contributed by atoms with Gasteiger partial charge in [0.15, 0.2) is 0 Å². The van der Waals surface area contributed by atoms with Crippen LogP contribution in [0.25, 0.3) is 0 Å². The molecule has 0 aromatic rings. The van der Waals surface area contributed by atoms with Crippen molar-refractivity contribution in [3.8, 4) is 0 Å². The minimum atomic E-state index is -2.03. The van der Waals surface area contributed by atoms with Crippen LogP contribution in [0, 0.1) is 0 Å². The van der Waals surface area contributed by atoms with E-state index in [1.165, 1.54) is 83.5 Å². The zero-order valence-corrected chi connectivity index (χ0v) is 18.6. The van der Waals surface area contributed by atoms with Gasteiger partial charge < -0.3 is 19.9 Å². The molecule has 29 heavy (non-hydrogen) atoms. The van der Waals surface area contributed by atoms with Crippen LogP contribution in [0.15, 0.2) is 0 Å². The van der Waals surface area contributed by atoms with Crippen molar-refractivity contribution in [2.24, 2.45) is 5.73 Å². The molecule has 0 radical (unpaired) electrons. The van der Waals surface area contributed by atoms with Crippen LogP contribution in [0.1, 0.15) is 110 Å². The molecule has 6 nitrogen and oxygen atoms in total. The summed E-state index contributed by atoms with van der Waals surface area (Å²) in [5.74, 6) is -3.81. The number of unbranched alkanes of at least 4 members (excludes halogenated alkanes) is 15. The van der Waals surface area contributed by atoms with E-state index in [2.05, 4.69) is 6.92 Å². The largest absolute Gasteiger partial charge is 0.461 e. The lowest BCUT2D eigenvalue weighted by atomic mass is 10.0. The molecule has 1 rings (SSSR count). The Kier molecular flexibility index (Phi) is 14.9. The summed E-state index contributed by atoms with van der Waals surface area (Å²) < 4.78 is 15.3. The van der Waals surface area contributed by atoms with Gasteiger partial charge in [0.1, 0.15) is 0 Å². The number of primary amides is 1. The second-order valence-electron chi connectivity index (χ2n) is 8.12. The molecule has 0 bridgehead atoms. The van der Waals surface area contributed by atoms with Crippen LogP contribution < -0.4 is 5.73 Å². The minimum Gasteiger partial charge on any atom is -0.461 e. The molecule has 1 fully saturated rings. The molecule has 1 aliphatic rings. The maximum atomic E-state index is 12.0. The first-order valence-corrected chi connectivity index (χ1v) is 11.9. The number of rotatable bonds is 19. The normalized spacial score (nSPS) is 15.5. The van der Waals surface area contributed by atoms with Gasteiger partial charge in [-0.1, -0.05) is 103 Å². The molecule has 1 saturated heterocycles. The first kappa shape index (κ1) is 25.9. The molecular weight excluding hydrogens is 370 g/mol. The van der Waals surface area contributed by atoms with Crippen molar-refractivity contribution >= 4 is 11.9 Å². The number of carbonyl (C=O) groups excluding carboxylic acids is 2. The number of carbonyl (C=O) groups is 2. The van der Waals surface area contributed by atoms with E-state index in [0.717, 1.165) is 19.3 Å². The van der Waals surface area contributed by atoms with Crippen molar-refractivity contribution in [3.63, 3.8) is 0 Å². The average Bonchev–Trinajstić information content (AvgIpc) is 3.21. The van der Waals surface area contributed by atoms with Gasteiger partial charge in [-0.05, 0) is 6.42 Å². The highest BCUT2D eigenvalue weighted by molar-refractivity contribution is 6.03. The summed E-state index contributed by atoms with van der Waals surface area (Å²) in [6, 6.07) is 0. The van der Waals surface area contributed by atoms with Gasteiger partial charge in [0.2, 0.25) is 0 Å². The molecule has 0 unspecified atom stereocenters. The Morgan fingerprint density at radius 3 is 1.48 bits per heavy atom. The molecule has 1 amide bonds. The monoisotopic (exact) mass is 413 g/mol. The Morgan fingerprint density at radius 1 is 0.724 bits per heavy atom. The number of ether oxygens (including phenoxy) is 3. The predicted molar refractivity (Wildman–Crippen MR) is 114 cm³/mol. The van der Waals surface area contributed by atoms with E-state index >= 15 is 0 Å². The van der Waals surface area contributed by atoms with Crippen LogP contribution in [-0.2, 0) is 23.8 Å². The smallest absolute Gasteiger partial charge is 0.377 e. The number of nitrogens with two attached hydrogens (primary N) is 1. The van der Waals surface area contributed by atoms with E-state index in [1.807, 2.05) is 0 Å². The Morgan fingerprint density at radius 2 is 1.10 bits per heavy atom. The highest BCUT2D eigenvalue weighted by Gasteiger charge is 2.52. The van der Waals surface area contributed by atoms with Crippen LogP contribution >= 0.6 is 0 Å². The summed E-state index contributed by atoms with van der Waals surface area (Å²) >= 11 is 0. The van der Waals surface area contributed by atoms with Crippen molar-refractivity contribution < 1.29 is 23.8 Å². The van der Waals surface area contributed by atoms with E-state index in [1.54, 1.807) is 0 Å². The van der Waals surface area contributed by atoms with Gasteiger partial charge in [0.05, 0.1) is 19.8 Å². The quantitative estimate of drug-likeness (QED) is 0.182. The third kappa shape index (κ3) is 11.0. The zero-order chi connectivity index (χ0) is 21.2. The van der Waals surface area contributed by atoms with Gasteiger partial charge in [0, 0.05) is 0 Å². The molecule has 1 heterocycles. The molecule has 0 atom stereocenters. The van der Waals surface area contributed by atoms with Crippen molar-refractivity contribution in [2.45, 2.75) is 115 Å². The van der Waals surface area contributed by atoms with E-state index in [4.69, 9.17) is 19.9 Å². The minimum absolute atomic E-state index is 0.164. The lowest BCUT2D eigenvalue weighted by Gasteiger charge is -2.20. The highest BCUT2D eigenvalue weighted by atomic mass is 16.8. The molecule has 0 saturated carbocycles. The first-order chi connectivity index (χ1) is 14.1. The Hall–Kier alpha value is -1.14. The number of esters is 1. The molecule has 2 N–H and O–H groups in total. The molecule has 6 heteroatoms. The molecule has 0 aromatic heterocycles. The van der Waals surface area contributed by atoms with Gasteiger partial charge in [-0.3, -0.25) is 4.79 Å². The standard InChI is InChI=1S/C23H43NO5/c1-2-3-4-5-6-7-8-9-10-11-12-13-14-15-16-17-18-27-22(26)23(21(24)25)28-19-20-29-23/h2-20H2,1H3,(H2,24,25). The Labute approximate surface area is 177 Å². The number of amides is 1. The third-order valence-corrected chi connectivity index (χ3v) is 5.52. The van der Waals surface area contributed by atoms with Crippen LogP contribution in [0.4, 0.5) is 0 Å².